The Morgan fingerprint density at radius 3 is 2.56 bits per heavy atom. The van der Waals surface area contributed by atoms with E-state index in [0.29, 0.717) is 25.6 Å². The van der Waals surface area contributed by atoms with Crippen LogP contribution in [-0.4, -0.2) is 45.4 Å². The number of hydrogen-bond acceptors (Lipinski definition) is 3. The maximum Gasteiger partial charge on any atom is 0.279 e. The Bertz CT molecular complexity index is 321. The van der Waals surface area contributed by atoms with E-state index >= 15 is 0 Å². The zero-order valence-corrected chi connectivity index (χ0v) is 10.6. The third kappa shape index (κ3) is 3.16. The molecule has 1 saturated heterocycles. The second-order valence-corrected chi connectivity index (χ2v) is 6.57. The SMILES string of the molecule is CC(CNS(=O)(=O)N1CCNCC1)C1CC1. The van der Waals surface area contributed by atoms with E-state index in [0.717, 1.165) is 19.0 Å². The Balaban J connectivity index is 1.81. The topological polar surface area (TPSA) is 61.4 Å². The average Bonchev–Trinajstić information content (AvgIpc) is 3.11. The van der Waals surface area contributed by atoms with Gasteiger partial charge in [-0.2, -0.15) is 12.7 Å². The summed E-state index contributed by atoms with van der Waals surface area (Å²) in [5.74, 6) is 1.21. The van der Waals surface area contributed by atoms with Crippen molar-refractivity contribution >= 4 is 10.2 Å². The Morgan fingerprint density at radius 2 is 2.00 bits per heavy atom. The van der Waals surface area contributed by atoms with Crippen LogP contribution >= 0.6 is 0 Å². The number of nitrogens with zero attached hydrogens (tertiary/aromatic N) is 1. The third-order valence-electron chi connectivity index (χ3n) is 3.43. The molecule has 0 aromatic heterocycles. The van der Waals surface area contributed by atoms with E-state index in [1.807, 2.05) is 0 Å². The highest BCUT2D eigenvalue weighted by atomic mass is 32.2. The van der Waals surface area contributed by atoms with E-state index in [1.54, 1.807) is 0 Å². The van der Waals surface area contributed by atoms with E-state index in [9.17, 15) is 8.42 Å². The minimum Gasteiger partial charge on any atom is -0.314 e. The van der Waals surface area contributed by atoms with Gasteiger partial charge in [0.2, 0.25) is 0 Å². The van der Waals surface area contributed by atoms with Gasteiger partial charge in [-0.3, -0.25) is 0 Å². The molecule has 2 N–H and O–H groups in total. The van der Waals surface area contributed by atoms with Crippen LogP contribution in [-0.2, 0) is 10.2 Å². The molecule has 1 heterocycles. The summed E-state index contributed by atoms with van der Waals surface area (Å²) in [4.78, 5) is 0. The molecule has 2 aliphatic rings. The molecule has 1 saturated carbocycles. The van der Waals surface area contributed by atoms with Gasteiger partial charge >= 0.3 is 0 Å². The lowest BCUT2D eigenvalue weighted by Crippen LogP contribution is -2.51. The zero-order chi connectivity index (χ0) is 11.6. The van der Waals surface area contributed by atoms with E-state index in [-0.39, 0.29) is 0 Å². The maximum absolute atomic E-state index is 11.9. The standard InChI is InChI=1S/C10H21N3O2S/c1-9(10-2-3-10)8-12-16(14,15)13-6-4-11-5-7-13/h9-12H,2-8H2,1H3. The summed E-state index contributed by atoms with van der Waals surface area (Å²) in [7, 11) is -3.24. The Morgan fingerprint density at radius 1 is 1.38 bits per heavy atom. The quantitative estimate of drug-likeness (QED) is 0.705. The summed E-state index contributed by atoms with van der Waals surface area (Å²) in [6.07, 6.45) is 2.52. The zero-order valence-electron chi connectivity index (χ0n) is 9.78. The molecule has 1 unspecified atom stereocenters. The first-order valence-electron chi connectivity index (χ1n) is 6.05. The fourth-order valence-electron chi connectivity index (χ4n) is 2.04. The van der Waals surface area contributed by atoms with Crippen LogP contribution in [0.2, 0.25) is 0 Å². The van der Waals surface area contributed by atoms with Gasteiger partial charge < -0.3 is 5.32 Å². The van der Waals surface area contributed by atoms with Crippen molar-refractivity contribution in [2.24, 2.45) is 11.8 Å². The van der Waals surface area contributed by atoms with Crippen molar-refractivity contribution in [2.45, 2.75) is 19.8 Å². The molecule has 5 nitrogen and oxygen atoms in total. The normalized spacial score (nSPS) is 25.6. The Kier molecular flexibility index (Phi) is 3.84. The molecule has 1 atom stereocenters. The van der Waals surface area contributed by atoms with Gasteiger partial charge in [0.15, 0.2) is 0 Å². The third-order valence-corrected chi connectivity index (χ3v) is 5.01. The number of nitrogens with one attached hydrogen (secondary N) is 2. The first kappa shape index (κ1) is 12.3. The summed E-state index contributed by atoms with van der Waals surface area (Å²) in [5, 5.41) is 3.15. The molecule has 94 valence electrons. The molecular weight excluding hydrogens is 226 g/mol. The van der Waals surface area contributed by atoms with Gasteiger partial charge in [-0.25, -0.2) is 4.72 Å². The average molecular weight is 247 g/mol. The molecule has 1 aliphatic heterocycles. The molecule has 0 aromatic carbocycles. The molecule has 6 heteroatoms. The molecule has 0 amide bonds. The molecule has 0 bridgehead atoms. The molecule has 1 aliphatic carbocycles. The smallest absolute Gasteiger partial charge is 0.279 e. The Labute approximate surface area is 97.8 Å². The monoisotopic (exact) mass is 247 g/mol. The number of hydrogen-bond donors (Lipinski definition) is 2. The van der Waals surface area contributed by atoms with Crippen molar-refractivity contribution in [3.63, 3.8) is 0 Å². The summed E-state index contributed by atoms with van der Waals surface area (Å²) in [6.45, 7) is 5.35. The highest BCUT2D eigenvalue weighted by molar-refractivity contribution is 7.87. The van der Waals surface area contributed by atoms with Gasteiger partial charge in [-0.1, -0.05) is 6.92 Å². The van der Waals surface area contributed by atoms with Crippen LogP contribution in [0.3, 0.4) is 0 Å². The van der Waals surface area contributed by atoms with E-state index in [1.165, 1.54) is 17.1 Å². The van der Waals surface area contributed by atoms with Gasteiger partial charge in [0.25, 0.3) is 10.2 Å². The van der Waals surface area contributed by atoms with E-state index < -0.39 is 10.2 Å². The second-order valence-electron chi connectivity index (χ2n) is 4.82. The molecule has 2 rings (SSSR count). The summed E-state index contributed by atoms with van der Waals surface area (Å²) < 4.78 is 28.1. The summed E-state index contributed by atoms with van der Waals surface area (Å²) in [5.41, 5.74) is 0. The molecule has 2 fully saturated rings. The van der Waals surface area contributed by atoms with Crippen LogP contribution in [0.25, 0.3) is 0 Å². The lowest BCUT2D eigenvalue weighted by Gasteiger charge is -2.27. The number of piperazine rings is 1. The van der Waals surface area contributed by atoms with Crippen molar-refractivity contribution in [1.29, 1.82) is 0 Å². The maximum atomic E-state index is 11.9. The van der Waals surface area contributed by atoms with Crippen molar-refractivity contribution < 1.29 is 8.42 Å². The van der Waals surface area contributed by atoms with Gasteiger partial charge in [-0.05, 0) is 24.7 Å². The molecular formula is C10H21N3O2S. The van der Waals surface area contributed by atoms with Crippen LogP contribution in [0, 0.1) is 11.8 Å². The van der Waals surface area contributed by atoms with E-state index in [4.69, 9.17) is 0 Å². The molecule has 16 heavy (non-hydrogen) atoms. The van der Waals surface area contributed by atoms with Gasteiger partial charge in [0.1, 0.15) is 0 Å². The fraction of sp³-hybridized carbons (Fsp3) is 1.00. The predicted molar refractivity (Wildman–Crippen MR) is 63.3 cm³/mol. The van der Waals surface area contributed by atoms with Gasteiger partial charge in [0, 0.05) is 32.7 Å². The first-order valence-corrected chi connectivity index (χ1v) is 7.49. The molecule has 0 spiro atoms. The largest absolute Gasteiger partial charge is 0.314 e. The van der Waals surface area contributed by atoms with Gasteiger partial charge in [0.05, 0.1) is 0 Å². The lowest BCUT2D eigenvalue weighted by atomic mass is 10.1. The Hall–Kier alpha value is -0.170. The van der Waals surface area contributed by atoms with Crippen LogP contribution in [0.1, 0.15) is 19.8 Å². The fourth-order valence-corrected chi connectivity index (χ4v) is 3.36. The summed E-state index contributed by atoms with van der Waals surface area (Å²) >= 11 is 0. The molecule has 0 aromatic rings. The minimum atomic E-state index is -3.24. The van der Waals surface area contributed by atoms with Crippen LogP contribution in [0.5, 0.6) is 0 Å². The van der Waals surface area contributed by atoms with Crippen LogP contribution in [0.4, 0.5) is 0 Å². The molecule has 0 radical (unpaired) electrons. The van der Waals surface area contributed by atoms with Crippen molar-refractivity contribution in [2.75, 3.05) is 32.7 Å². The summed E-state index contributed by atoms with van der Waals surface area (Å²) in [6, 6.07) is 0. The predicted octanol–water partition coefficient (Wildman–Crippen LogP) is -0.228. The van der Waals surface area contributed by atoms with Crippen molar-refractivity contribution in [3.05, 3.63) is 0 Å². The van der Waals surface area contributed by atoms with Crippen molar-refractivity contribution in [1.82, 2.24) is 14.3 Å². The number of rotatable bonds is 5. The minimum absolute atomic E-state index is 0.470. The van der Waals surface area contributed by atoms with Gasteiger partial charge in [-0.15, -0.1) is 0 Å². The second kappa shape index (κ2) is 5.00. The van der Waals surface area contributed by atoms with Crippen LogP contribution < -0.4 is 10.0 Å². The highest BCUT2D eigenvalue weighted by Gasteiger charge is 2.30. The van der Waals surface area contributed by atoms with Crippen molar-refractivity contribution in [3.8, 4) is 0 Å². The first-order chi connectivity index (χ1) is 7.59. The van der Waals surface area contributed by atoms with Crippen LogP contribution in [0.15, 0.2) is 0 Å². The van der Waals surface area contributed by atoms with E-state index in [2.05, 4.69) is 17.0 Å². The lowest BCUT2D eigenvalue weighted by molar-refractivity contribution is 0.351. The highest BCUT2D eigenvalue weighted by Crippen LogP contribution is 2.36.